The maximum atomic E-state index is 12.5. The van der Waals surface area contributed by atoms with Crippen LogP contribution in [-0.4, -0.2) is 22.6 Å². The predicted molar refractivity (Wildman–Crippen MR) is 100 cm³/mol. The molecule has 138 valence electrons. The van der Waals surface area contributed by atoms with Crippen molar-refractivity contribution in [2.75, 3.05) is 0 Å². The topological polar surface area (TPSA) is 63.6 Å². The summed E-state index contributed by atoms with van der Waals surface area (Å²) in [6.45, 7) is 9.52. The number of carboxylic acid groups (broad SMARTS) is 1. The molecule has 1 aromatic rings. The third-order valence-electron chi connectivity index (χ3n) is 3.67. The quantitative estimate of drug-likeness (QED) is 0.535. The van der Waals surface area contributed by atoms with E-state index in [9.17, 15) is 14.7 Å². The van der Waals surface area contributed by atoms with Crippen molar-refractivity contribution in [3.63, 3.8) is 0 Å². The predicted octanol–water partition coefficient (Wildman–Crippen LogP) is 4.94. The number of carboxylic acids is 1. The smallest absolute Gasteiger partial charge is 0.338 e. The summed E-state index contributed by atoms with van der Waals surface area (Å²) in [6, 6.07) is 9.34. The summed E-state index contributed by atoms with van der Waals surface area (Å²) in [4.78, 5) is 23.9. The Hall–Kier alpha value is -2.10. The van der Waals surface area contributed by atoms with Crippen molar-refractivity contribution in [3.05, 3.63) is 42.0 Å². The maximum absolute atomic E-state index is 12.5. The Bertz CT molecular complexity index is 594. The molecule has 0 fully saturated rings. The molecule has 0 bridgehead atoms. The zero-order chi connectivity index (χ0) is 19.0. The first-order chi connectivity index (χ1) is 11.6. The van der Waals surface area contributed by atoms with Crippen LogP contribution in [0.5, 0.6) is 0 Å². The fraction of sp³-hybridized carbons (Fsp3) is 0.524. The number of ether oxygens (including phenoxy) is 1. The lowest BCUT2D eigenvalue weighted by molar-refractivity contribution is -0.147. The lowest BCUT2D eigenvalue weighted by Gasteiger charge is -2.21. The van der Waals surface area contributed by atoms with Gasteiger partial charge in [0, 0.05) is 0 Å². The first-order valence-electron chi connectivity index (χ1n) is 8.82. The van der Waals surface area contributed by atoms with Gasteiger partial charge in [-0.3, -0.25) is 4.79 Å². The number of benzene rings is 1. The number of carbonyl (C=O) groups is 2. The molecule has 0 aliphatic heterocycles. The summed E-state index contributed by atoms with van der Waals surface area (Å²) < 4.78 is 5.50. The Balaban J connectivity index is 2.94. The van der Waals surface area contributed by atoms with Gasteiger partial charge in [0.2, 0.25) is 0 Å². The summed E-state index contributed by atoms with van der Waals surface area (Å²) in [7, 11) is 0. The van der Waals surface area contributed by atoms with Crippen molar-refractivity contribution >= 4 is 17.5 Å². The molecule has 4 nitrogen and oxygen atoms in total. The highest BCUT2D eigenvalue weighted by molar-refractivity contribution is 6.16. The monoisotopic (exact) mass is 346 g/mol. The minimum Gasteiger partial charge on any atom is -0.481 e. The standard InChI is InChI=1S/C21H30O4/c1-15(2)14-17(19(22)23)12-9-13-18(16-10-7-6-8-11-16)20(24)25-21(3,4)5/h6-8,10-11,13,15,17H,9,12,14H2,1-5H3,(H,22,23)/b18-13-. The zero-order valence-electron chi connectivity index (χ0n) is 15.9. The zero-order valence-corrected chi connectivity index (χ0v) is 15.9. The molecule has 0 saturated heterocycles. The third-order valence-corrected chi connectivity index (χ3v) is 3.67. The molecule has 0 aliphatic carbocycles. The molecule has 1 atom stereocenters. The molecule has 1 unspecified atom stereocenters. The van der Waals surface area contributed by atoms with Gasteiger partial charge in [-0.2, -0.15) is 0 Å². The highest BCUT2D eigenvalue weighted by Gasteiger charge is 2.22. The van der Waals surface area contributed by atoms with Crippen molar-refractivity contribution in [1.29, 1.82) is 0 Å². The molecule has 0 heterocycles. The Kier molecular flexibility index (Phi) is 7.88. The van der Waals surface area contributed by atoms with Crippen molar-refractivity contribution < 1.29 is 19.4 Å². The van der Waals surface area contributed by atoms with Crippen LogP contribution in [0.3, 0.4) is 0 Å². The van der Waals surface area contributed by atoms with Gasteiger partial charge in [-0.15, -0.1) is 0 Å². The van der Waals surface area contributed by atoms with Crippen LogP contribution in [0.25, 0.3) is 5.57 Å². The number of hydrogen-bond acceptors (Lipinski definition) is 3. The average molecular weight is 346 g/mol. The van der Waals surface area contributed by atoms with Gasteiger partial charge in [-0.25, -0.2) is 4.79 Å². The molecule has 0 radical (unpaired) electrons. The molecule has 1 rings (SSSR count). The molecule has 1 aromatic carbocycles. The van der Waals surface area contributed by atoms with Gasteiger partial charge in [-0.05, 0) is 51.5 Å². The van der Waals surface area contributed by atoms with Crippen LogP contribution in [0.4, 0.5) is 0 Å². The molecule has 0 saturated carbocycles. The van der Waals surface area contributed by atoms with Crippen LogP contribution < -0.4 is 0 Å². The molecule has 0 aliphatic rings. The minimum absolute atomic E-state index is 0.324. The van der Waals surface area contributed by atoms with E-state index in [0.717, 1.165) is 5.56 Å². The van der Waals surface area contributed by atoms with E-state index in [-0.39, 0.29) is 5.97 Å². The van der Waals surface area contributed by atoms with Crippen LogP contribution in [0.15, 0.2) is 36.4 Å². The van der Waals surface area contributed by atoms with Crippen molar-refractivity contribution in [1.82, 2.24) is 0 Å². The summed E-state index contributed by atoms with van der Waals surface area (Å²) >= 11 is 0. The van der Waals surface area contributed by atoms with E-state index in [1.54, 1.807) is 6.08 Å². The van der Waals surface area contributed by atoms with E-state index in [0.29, 0.717) is 30.8 Å². The summed E-state index contributed by atoms with van der Waals surface area (Å²) in [5, 5.41) is 9.35. The van der Waals surface area contributed by atoms with E-state index in [1.807, 2.05) is 65.0 Å². The molecular formula is C21H30O4. The SMILES string of the molecule is CC(C)CC(CC/C=C(\C(=O)OC(C)(C)C)c1ccccc1)C(=O)O. The highest BCUT2D eigenvalue weighted by atomic mass is 16.6. The largest absolute Gasteiger partial charge is 0.481 e. The average Bonchev–Trinajstić information content (AvgIpc) is 2.48. The number of allylic oxidation sites excluding steroid dienone is 1. The Labute approximate surface area is 150 Å². The number of esters is 1. The van der Waals surface area contributed by atoms with Gasteiger partial charge in [0.05, 0.1) is 11.5 Å². The second-order valence-electron chi connectivity index (χ2n) is 7.73. The van der Waals surface area contributed by atoms with Crippen LogP contribution in [-0.2, 0) is 14.3 Å². The van der Waals surface area contributed by atoms with Gasteiger partial charge in [0.25, 0.3) is 0 Å². The second kappa shape index (κ2) is 9.40. The Morgan fingerprint density at radius 3 is 2.24 bits per heavy atom. The molecule has 25 heavy (non-hydrogen) atoms. The Morgan fingerprint density at radius 2 is 1.76 bits per heavy atom. The van der Waals surface area contributed by atoms with Crippen LogP contribution >= 0.6 is 0 Å². The Morgan fingerprint density at radius 1 is 1.16 bits per heavy atom. The molecule has 4 heteroatoms. The number of rotatable bonds is 8. The normalized spacial score (nSPS) is 13.6. The number of aliphatic carboxylic acids is 1. The lowest BCUT2D eigenvalue weighted by atomic mass is 9.92. The van der Waals surface area contributed by atoms with E-state index >= 15 is 0 Å². The molecule has 0 spiro atoms. The van der Waals surface area contributed by atoms with Gasteiger partial charge >= 0.3 is 11.9 Å². The third kappa shape index (κ3) is 8.01. The van der Waals surface area contributed by atoms with Crippen LogP contribution in [0.1, 0.15) is 59.4 Å². The van der Waals surface area contributed by atoms with E-state index < -0.39 is 17.5 Å². The van der Waals surface area contributed by atoms with Crippen LogP contribution in [0.2, 0.25) is 0 Å². The first kappa shape index (κ1) is 20.9. The molecule has 0 aromatic heterocycles. The van der Waals surface area contributed by atoms with Gasteiger partial charge in [0.15, 0.2) is 0 Å². The second-order valence-corrected chi connectivity index (χ2v) is 7.73. The maximum Gasteiger partial charge on any atom is 0.338 e. The fourth-order valence-corrected chi connectivity index (χ4v) is 2.61. The molecular weight excluding hydrogens is 316 g/mol. The number of carbonyl (C=O) groups excluding carboxylic acids is 1. The molecule has 1 N–H and O–H groups in total. The highest BCUT2D eigenvalue weighted by Crippen LogP contribution is 2.23. The van der Waals surface area contributed by atoms with Gasteiger partial charge in [-0.1, -0.05) is 50.3 Å². The summed E-state index contributed by atoms with van der Waals surface area (Å²) in [5.41, 5.74) is 0.698. The molecule has 0 amide bonds. The van der Waals surface area contributed by atoms with E-state index in [1.165, 1.54) is 0 Å². The van der Waals surface area contributed by atoms with Crippen molar-refractivity contribution in [2.24, 2.45) is 11.8 Å². The van der Waals surface area contributed by atoms with E-state index in [2.05, 4.69) is 0 Å². The number of hydrogen-bond donors (Lipinski definition) is 1. The van der Waals surface area contributed by atoms with Crippen LogP contribution in [0, 0.1) is 11.8 Å². The lowest BCUT2D eigenvalue weighted by Crippen LogP contribution is -2.24. The van der Waals surface area contributed by atoms with E-state index in [4.69, 9.17) is 4.74 Å². The summed E-state index contributed by atoms with van der Waals surface area (Å²) in [6.07, 6.45) is 3.47. The summed E-state index contributed by atoms with van der Waals surface area (Å²) in [5.74, 6) is -1.23. The fourth-order valence-electron chi connectivity index (χ4n) is 2.61. The van der Waals surface area contributed by atoms with Gasteiger partial charge < -0.3 is 9.84 Å². The van der Waals surface area contributed by atoms with Crippen molar-refractivity contribution in [2.45, 2.75) is 59.5 Å². The first-order valence-corrected chi connectivity index (χ1v) is 8.82. The van der Waals surface area contributed by atoms with Gasteiger partial charge in [0.1, 0.15) is 5.60 Å². The minimum atomic E-state index is -0.777. The van der Waals surface area contributed by atoms with Crippen molar-refractivity contribution in [3.8, 4) is 0 Å².